The lowest BCUT2D eigenvalue weighted by Crippen LogP contribution is -2.38. The number of amides is 1. The van der Waals surface area contributed by atoms with Gasteiger partial charge < -0.3 is 16.4 Å². The number of carbonyl (C=O) groups is 1. The molecule has 46 heavy (non-hydrogen) atoms. The second-order valence-corrected chi connectivity index (χ2v) is 10.9. The van der Waals surface area contributed by atoms with E-state index in [1.807, 2.05) is 73.7 Å². The number of aromatic nitrogens is 2. The van der Waals surface area contributed by atoms with Crippen molar-refractivity contribution in [2.45, 2.75) is 12.5 Å². The molecule has 4 aromatic carbocycles. The number of halogens is 1. The molecule has 0 fully saturated rings. The molecule has 226 valence electrons. The van der Waals surface area contributed by atoms with Crippen LogP contribution in [0.25, 0.3) is 17.2 Å². The van der Waals surface area contributed by atoms with Gasteiger partial charge in [-0.3, -0.25) is 4.79 Å². The summed E-state index contributed by atoms with van der Waals surface area (Å²) in [5.41, 5.74) is 11.9. The first-order valence-corrected chi connectivity index (χ1v) is 14.8. The number of hydrogen-bond acceptors (Lipinski definition) is 5. The van der Waals surface area contributed by atoms with E-state index in [1.165, 1.54) is 18.2 Å². The standard InChI is InChI=1S/C39H32FN5O/c1-27-23-34(21-22-37(46)44-35-25-29(26-42-38(35)41)28-17-19-33(40)20-18-28)43-36(24-27)45-39(30-11-5-2-6-12-30,31-13-7-3-8-14-31)32-15-9-4-10-16-32/h2-26H,1H3,(H2,41,42)(H,43,45)(H,44,46). The number of nitrogen functional groups attached to an aromatic ring is 1. The summed E-state index contributed by atoms with van der Waals surface area (Å²) in [6, 6.07) is 42.5. The van der Waals surface area contributed by atoms with Crippen LogP contribution in [-0.2, 0) is 10.3 Å². The number of nitrogens with two attached hydrogens (primary N) is 1. The number of pyridine rings is 2. The maximum Gasteiger partial charge on any atom is 0.248 e. The van der Waals surface area contributed by atoms with Crippen LogP contribution in [0.1, 0.15) is 27.9 Å². The fourth-order valence-corrected chi connectivity index (χ4v) is 5.53. The molecular formula is C39H32FN5O. The van der Waals surface area contributed by atoms with Crippen molar-refractivity contribution in [3.8, 4) is 11.1 Å². The van der Waals surface area contributed by atoms with E-state index in [-0.39, 0.29) is 11.6 Å². The highest BCUT2D eigenvalue weighted by Gasteiger charge is 2.36. The number of nitrogens with zero attached hydrogens (tertiary/aromatic N) is 2. The maximum absolute atomic E-state index is 13.4. The Bertz CT molecular complexity index is 1880. The lowest BCUT2D eigenvalue weighted by molar-refractivity contribution is -0.111. The van der Waals surface area contributed by atoms with Crippen molar-refractivity contribution in [1.29, 1.82) is 0 Å². The highest BCUT2D eigenvalue weighted by atomic mass is 19.1. The largest absolute Gasteiger partial charge is 0.382 e. The molecule has 0 spiro atoms. The van der Waals surface area contributed by atoms with Gasteiger partial charge in [0.15, 0.2) is 0 Å². The van der Waals surface area contributed by atoms with E-state index in [1.54, 1.807) is 30.5 Å². The third-order valence-corrected chi connectivity index (χ3v) is 7.68. The molecule has 4 N–H and O–H groups in total. The number of nitrogens with one attached hydrogen (secondary N) is 2. The normalized spacial score (nSPS) is 11.3. The van der Waals surface area contributed by atoms with Crippen LogP contribution < -0.4 is 16.4 Å². The van der Waals surface area contributed by atoms with Crippen LogP contribution >= 0.6 is 0 Å². The molecule has 7 heteroatoms. The molecule has 1 amide bonds. The predicted octanol–water partition coefficient (Wildman–Crippen LogP) is 8.23. The van der Waals surface area contributed by atoms with Crippen molar-refractivity contribution >= 4 is 29.3 Å². The number of carbonyl (C=O) groups excluding carboxylic acids is 1. The van der Waals surface area contributed by atoms with Crippen LogP contribution in [0.4, 0.5) is 21.7 Å². The van der Waals surface area contributed by atoms with Gasteiger partial charge in [0.25, 0.3) is 0 Å². The summed E-state index contributed by atoms with van der Waals surface area (Å²) in [5, 5.41) is 6.59. The number of anilines is 3. The van der Waals surface area contributed by atoms with Gasteiger partial charge in [-0.25, -0.2) is 14.4 Å². The Morgan fingerprint density at radius 2 is 1.33 bits per heavy atom. The highest BCUT2D eigenvalue weighted by molar-refractivity contribution is 6.03. The van der Waals surface area contributed by atoms with Gasteiger partial charge in [-0.1, -0.05) is 103 Å². The quantitative estimate of drug-likeness (QED) is 0.114. The molecule has 0 aliphatic rings. The van der Waals surface area contributed by atoms with Gasteiger partial charge in [0.05, 0.1) is 11.4 Å². The average Bonchev–Trinajstić information content (AvgIpc) is 3.09. The van der Waals surface area contributed by atoms with E-state index in [0.717, 1.165) is 27.8 Å². The number of hydrogen-bond donors (Lipinski definition) is 3. The molecule has 0 atom stereocenters. The highest BCUT2D eigenvalue weighted by Crippen LogP contribution is 2.39. The Morgan fingerprint density at radius 3 is 1.89 bits per heavy atom. The third-order valence-electron chi connectivity index (χ3n) is 7.68. The topological polar surface area (TPSA) is 92.9 Å². The van der Waals surface area contributed by atoms with Crippen molar-refractivity contribution < 1.29 is 9.18 Å². The minimum absolute atomic E-state index is 0.173. The van der Waals surface area contributed by atoms with E-state index < -0.39 is 11.4 Å². The fourth-order valence-electron chi connectivity index (χ4n) is 5.53. The summed E-state index contributed by atoms with van der Waals surface area (Å²) in [6.45, 7) is 1.99. The Labute approximate surface area is 267 Å². The Kier molecular flexibility index (Phi) is 8.65. The molecule has 0 aliphatic carbocycles. The van der Waals surface area contributed by atoms with Crippen LogP contribution in [0.15, 0.2) is 146 Å². The van der Waals surface area contributed by atoms with E-state index in [0.29, 0.717) is 22.8 Å². The van der Waals surface area contributed by atoms with Gasteiger partial charge in [0.1, 0.15) is 23.0 Å². The summed E-state index contributed by atoms with van der Waals surface area (Å²) < 4.78 is 13.4. The third kappa shape index (κ3) is 6.54. The second kappa shape index (κ2) is 13.3. The zero-order valence-corrected chi connectivity index (χ0v) is 25.2. The van der Waals surface area contributed by atoms with Gasteiger partial charge >= 0.3 is 0 Å². The smallest absolute Gasteiger partial charge is 0.248 e. The van der Waals surface area contributed by atoms with Crippen molar-refractivity contribution in [3.63, 3.8) is 0 Å². The molecule has 0 bridgehead atoms. The van der Waals surface area contributed by atoms with Crippen molar-refractivity contribution in [1.82, 2.24) is 9.97 Å². The molecule has 6 nitrogen and oxygen atoms in total. The first-order valence-electron chi connectivity index (χ1n) is 14.8. The van der Waals surface area contributed by atoms with Crippen LogP contribution in [0, 0.1) is 12.7 Å². The van der Waals surface area contributed by atoms with Gasteiger partial charge in [0, 0.05) is 17.8 Å². The Balaban J connectivity index is 1.31. The van der Waals surface area contributed by atoms with Crippen LogP contribution in [-0.4, -0.2) is 15.9 Å². The SMILES string of the molecule is Cc1cc(C=CC(=O)Nc2cc(-c3ccc(F)cc3)cnc2N)nc(NC(c2ccccc2)(c2ccccc2)c2ccccc2)c1. The first kappa shape index (κ1) is 30.0. The summed E-state index contributed by atoms with van der Waals surface area (Å²) in [5.74, 6) is 0.0958. The Morgan fingerprint density at radius 1 is 0.761 bits per heavy atom. The molecule has 2 heterocycles. The van der Waals surface area contributed by atoms with Gasteiger partial charge in [0.2, 0.25) is 5.91 Å². The van der Waals surface area contributed by atoms with Crippen LogP contribution in [0.5, 0.6) is 0 Å². The van der Waals surface area contributed by atoms with Gasteiger partial charge in [-0.2, -0.15) is 0 Å². The number of aryl methyl sites for hydroxylation is 1. The molecule has 0 aliphatic heterocycles. The zero-order valence-electron chi connectivity index (χ0n) is 25.2. The van der Waals surface area contributed by atoms with Crippen LogP contribution in [0.2, 0.25) is 0 Å². The average molecular weight is 606 g/mol. The molecule has 0 saturated heterocycles. The van der Waals surface area contributed by atoms with E-state index in [4.69, 9.17) is 10.7 Å². The lowest BCUT2D eigenvalue weighted by atomic mass is 9.77. The van der Waals surface area contributed by atoms with Crippen molar-refractivity contribution in [2.24, 2.45) is 0 Å². The summed E-state index contributed by atoms with van der Waals surface area (Å²) in [4.78, 5) is 22.1. The summed E-state index contributed by atoms with van der Waals surface area (Å²) >= 11 is 0. The Hall–Kier alpha value is -6.08. The summed E-state index contributed by atoms with van der Waals surface area (Å²) in [7, 11) is 0. The van der Waals surface area contributed by atoms with E-state index in [9.17, 15) is 9.18 Å². The minimum atomic E-state index is -0.747. The molecule has 0 radical (unpaired) electrons. The van der Waals surface area contributed by atoms with E-state index >= 15 is 0 Å². The maximum atomic E-state index is 13.4. The van der Waals surface area contributed by atoms with Crippen molar-refractivity contribution in [3.05, 3.63) is 179 Å². The summed E-state index contributed by atoms with van der Waals surface area (Å²) in [6.07, 6.45) is 4.66. The van der Waals surface area contributed by atoms with Crippen LogP contribution in [0.3, 0.4) is 0 Å². The monoisotopic (exact) mass is 605 g/mol. The molecular weight excluding hydrogens is 573 g/mol. The number of benzene rings is 4. The zero-order chi connectivity index (χ0) is 31.9. The van der Waals surface area contributed by atoms with Crippen molar-refractivity contribution in [2.75, 3.05) is 16.4 Å². The second-order valence-electron chi connectivity index (χ2n) is 10.9. The molecule has 0 unspecified atom stereocenters. The molecule has 6 rings (SSSR count). The predicted molar refractivity (Wildman–Crippen MR) is 184 cm³/mol. The molecule has 2 aromatic heterocycles. The van der Waals surface area contributed by atoms with Gasteiger partial charge in [-0.05, 0) is 71.1 Å². The van der Waals surface area contributed by atoms with E-state index in [2.05, 4.69) is 52.0 Å². The number of rotatable bonds is 9. The lowest BCUT2D eigenvalue weighted by Gasteiger charge is -2.37. The fraction of sp³-hybridized carbons (Fsp3) is 0.0513. The molecule has 6 aromatic rings. The molecule has 0 saturated carbocycles. The van der Waals surface area contributed by atoms with Gasteiger partial charge in [-0.15, -0.1) is 0 Å². The first-order chi connectivity index (χ1) is 22.4. The minimum Gasteiger partial charge on any atom is -0.382 e.